The third kappa shape index (κ3) is 3.07. The van der Waals surface area contributed by atoms with Crippen molar-refractivity contribution in [3.05, 3.63) is 34.4 Å². The molecular formula is C10H14ClN3O5S. The molecule has 0 aliphatic carbocycles. The molecule has 1 aromatic rings. The van der Waals surface area contributed by atoms with Crippen LogP contribution >= 0.6 is 12.4 Å². The van der Waals surface area contributed by atoms with Crippen LogP contribution in [0.15, 0.2) is 29.2 Å². The number of aliphatic hydroxyl groups is 1. The summed E-state index contributed by atoms with van der Waals surface area (Å²) in [4.78, 5) is 9.73. The van der Waals surface area contributed by atoms with E-state index in [0.29, 0.717) is 6.54 Å². The highest BCUT2D eigenvalue weighted by molar-refractivity contribution is 7.89. The van der Waals surface area contributed by atoms with Crippen LogP contribution in [-0.2, 0) is 10.0 Å². The van der Waals surface area contributed by atoms with Crippen molar-refractivity contribution >= 4 is 28.1 Å². The Morgan fingerprint density at radius 3 is 2.65 bits per heavy atom. The van der Waals surface area contributed by atoms with E-state index in [0.717, 1.165) is 10.4 Å². The van der Waals surface area contributed by atoms with Crippen LogP contribution in [0.4, 0.5) is 5.69 Å². The number of nitrogens with one attached hydrogen (secondary N) is 1. The quantitative estimate of drug-likeness (QED) is 0.594. The molecule has 0 amide bonds. The number of aliphatic hydroxyl groups excluding tert-OH is 1. The van der Waals surface area contributed by atoms with Crippen LogP contribution in [0, 0.1) is 10.1 Å². The van der Waals surface area contributed by atoms with E-state index < -0.39 is 31.8 Å². The Bertz CT molecular complexity index is 594. The van der Waals surface area contributed by atoms with Crippen molar-refractivity contribution in [3.63, 3.8) is 0 Å². The fourth-order valence-corrected chi connectivity index (χ4v) is 3.54. The number of β-amino-alcohol motifs (C(OH)–C–C–N with tert-alkyl or cyclic N) is 1. The monoisotopic (exact) mass is 323 g/mol. The summed E-state index contributed by atoms with van der Waals surface area (Å²) in [7, 11) is -4.09. The lowest BCUT2D eigenvalue weighted by molar-refractivity contribution is -0.387. The minimum Gasteiger partial charge on any atom is -0.376 e. The Kier molecular flexibility index (Phi) is 5.42. The summed E-state index contributed by atoms with van der Waals surface area (Å²) < 4.78 is 25.6. The molecule has 0 saturated carbocycles. The van der Waals surface area contributed by atoms with Crippen molar-refractivity contribution in [2.75, 3.05) is 19.6 Å². The van der Waals surface area contributed by atoms with Crippen LogP contribution in [0.3, 0.4) is 0 Å². The summed E-state index contributed by atoms with van der Waals surface area (Å²) in [6.45, 7) is 0.548. The average Bonchev–Trinajstić information content (AvgIpc) is 2.39. The molecule has 2 N–H and O–H groups in total. The minimum atomic E-state index is -4.09. The topological polar surface area (TPSA) is 113 Å². The zero-order valence-corrected chi connectivity index (χ0v) is 11.9. The number of hydrogen-bond donors (Lipinski definition) is 2. The lowest BCUT2D eigenvalue weighted by Crippen LogP contribution is -2.53. The van der Waals surface area contributed by atoms with Crippen molar-refractivity contribution in [3.8, 4) is 0 Å². The Labute approximate surface area is 122 Å². The molecule has 1 aliphatic heterocycles. The molecule has 0 radical (unpaired) electrons. The van der Waals surface area contributed by atoms with Crippen molar-refractivity contribution in [2.24, 2.45) is 0 Å². The Balaban J connectivity index is 0.00000200. The zero-order chi connectivity index (χ0) is 14.0. The van der Waals surface area contributed by atoms with E-state index in [1.165, 1.54) is 18.2 Å². The number of hydrogen-bond acceptors (Lipinski definition) is 6. The number of piperazine rings is 1. The normalized spacial score (nSPS) is 20.1. The first-order valence-corrected chi connectivity index (χ1v) is 7.02. The molecule has 20 heavy (non-hydrogen) atoms. The van der Waals surface area contributed by atoms with Gasteiger partial charge in [-0.1, -0.05) is 12.1 Å². The van der Waals surface area contributed by atoms with Gasteiger partial charge in [-0.05, 0) is 6.07 Å². The molecule has 1 heterocycles. The molecule has 1 aliphatic rings. The van der Waals surface area contributed by atoms with Crippen LogP contribution in [0.1, 0.15) is 0 Å². The number of sulfonamides is 1. The number of nitro groups is 1. The molecule has 1 atom stereocenters. The minimum absolute atomic E-state index is 0. The molecule has 1 unspecified atom stereocenters. The van der Waals surface area contributed by atoms with Gasteiger partial charge in [-0.3, -0.25) is 10.1 Å². The number of nitrogens with zero attached hydrogens (tertiary/aromatic N) is 2. The number of rotatable bonds is 3. The zero-order valence-electron chi connectivity index (χ0n) is 10.3. The predicted molar refractivity (Wildman–Crippen MR) is 73.1 cm³/mol. The first-order chi connectivity index (χ1) is 8.94. The second-order valence-electron chi connectivity index (χ2n) is 4.03. The molecule has 8 nitrogen and oxygen atoms in total. The fraction of sp³-hybridized carbons (Fsp3) is 0.400. The van der Waals surface area contributed by atoms with E-state index in [4.69, 9.17) is 0 Å². The molecule has 0 spiro atoms. The van der Waals surface area contributed by atoms with E-state index in [9.17, 15) is 23.6 Å². The molecular weight excluding hydrogens is 310 g/mol. The maximum Gasteiger partial charge on any atom is 0.289 e. The molecule has 1 saturated heterocycles. The highest BCUT2D eigenvalue weighted by Gasteiger charge is 2.36. The van der Waals surface area contributed by atoms with Gasteiger partial charge in [0, 0.05) is 25.7 Å². The molecule has 1 aromatic carbocycles. The maximum absolute atomic E-state index is 12.4. The summed E-state index contributed by atoms with van der Waals surface area (Å²) in [5.41, 5.74) is -0.492. The fourth-order valence-electron chi connectivity index (χ4n) is 1.90. The first-order valence-electron chi connectivity index (χ1n) is 5.58. The maximum atomic E-state index is 12.4. The SMILES string of the molecule is Cl.O=[N+]([O-])c1ccccc1S(=O)(=O)N1CCNCC1O. The summed E-state index contributed by atoms with van der Waals surface area (Å²) >= 11 is 0. The largest absolute Gasteiger partial charge is 0.376 e. The van der Waals surface area contributed by atoms with Crippen molar-refractivity contribution in [2.45, 2.75) is 11.1 Å². The van der Waals surface area contributed by atoms with Gasteiger partial charge in [-0.25, -0.2) is 8.42 Å². The highest BCUT2D eigenvalue weighted by atomic mass is 35.5. The predicted octanol–water partition coefficient (Wildman–Crippen LogP) is -0.0711. The van der Waals surface area contributed by atoms with Crippen LogP contribution in [-0.4, -0.2) is 48.6 Å². The Morgan fingerprint density at radius 1 is 1.40 bits per heavy atom. The summed E-state index contributed by atoms with van der Waals surface area (Å²) in [5, 5.41) is 23.4. The molecule has 0 aromatic heterocycles. The van der Waals surface area contributed by atoms with E-state index in [1.807, 2.05) is 0 Å². The third-order valence-corrected chi connectivity index (χ3v) is 4.76. The standard InChI is InChI=1S/C10H13N3O5S.ClH/c14-10-7-11-5-6-12(10)19(17,18)9-4-2-1-3-8(9)13(15)16;/h1-4,10-11,14H,5-7H2;1H. The van der Waals surface area contributed by atoms with Crippen LogP contribution in [0.2, 0.25) is 0 Å². The van der Waals surface area contributed by atoms with E-state index >= 15 is 0 Å². The summed E-state index contributed by atoms with van der Waals surface area (Å²) in [6.07, 6.45) is -1.22. The second kappa shape index (κ2) is 6.46. The van der Waals surface area contributed by atoms with E-state index in [2.05, 4.69) is 5.32 Å². The van der Waals surface area contributed by atoms with Gasteiger partial charge in [0.1, 0.15) is 6.23 Å². The van der Waals surface area contributed by atoms with Crippen LogP contribution < -0.4 is 5.32 Å². The van der Waals surface area contributed by atoms with Gasteiger partial charge in [0.25, 0.3) is 15.7 Å². The Hall–Kier alpha value is -1.26. The van der Waals surface area contributed by atoms with E-state index in [1.54, 1.807) is 0 Å². The molecule has 2 rings (SSSR count). The third-order valence-electron chi connectivity index (χ3n) is 2.82. The average molecular weight is 324 g/mol. The van der Waals surface area contributed by atoms with Gasteiger partial charge < -0.3 is 10.4 Å². The molecule has 10 heteroatoms. The second-order valence-corrected chi connectivity index (χ2v) is 5.88. The Morgan fingerprint density at radius 2 is 2.05 bits per heavy atom. The molecule has 0 bridgehead atoms. The van der Waals surface area contributed by atoms with Gasteiger partial charge in [-0.2, -0.15) is 4.31 Å². The summed E-state index contributed by atoms with van der Waals surface area (Å²) in [5.74, 6) is 0. The summed E-state index contributed by atoms with van der Waals surface area (Å²) in [6, 6.07) is 5.10. The number of benzene rings is 1. The van der Waals surface area contributed by atoms with Gasteiger partial charge >= 0.3 is 0 Å². The van der Waals surface area contributed by atoms with Crippen molar-refractivity contribution in [1.82, 2.24) is 9.62 Å². The number of nitro benzene ring substituents is 1. The van der Waals surface area contributed by atoms with Gasteiger partial charge in [0.15, 0.2) is 4.90 Å². The lowest BCUT2D eigenvalue weighted by atomic mass is 10.3. The van der Waals surface area contributed by atoms with Gasteiger partial charge in [0.05, 0.1) is 4.92 Å². The van der Waals surface area contributed by atoms with Gasteiger partial charge in [0.2, 0.25) is 0 Å². The van der Waals surface area contributed by atoms with E-state index in [-0.39, 0.29) is 25.5 Å². The molecule has 1 fully saturated rings. The first kappa shape index (κ1) is 16.8. The van der Waals surface area contributed by atoms with Crippen molar-refractivity contribution in [1.29, 1.82) is 0 Å². The van der Waals surface area contributed by atoms with Crippen LogP contribution in [0.5, 0.6) is 0 Å². The lowest BCUT2D eigenvalue weighted by Gasteiger charge is -2.31. The highest BCUT2D eigenvalue weighted by Crippen LogP contribution is 2.27. The van der Waals surface area contributed by atoms with Crippen molar-refractivity contribution < 1.29 is 18.4 Å². The van der Waals surface area contributed by atoms with Gasteiger partial charge in [-0.15, -0.1) is 12.4 Å². The number of para-hydroxylation sites is 1. The smallest absolute Gasteiger partial charge is 0.289 e. The van der Waals surface area contributed by atoms with Crippen LogP contribution in [0.25, 0.3) is 0 Å². The number of halogens is 1. The molecule has 112 valence electrons.